The second-order valence-corrected chi connectivity index (χ2v) is 7.72. The van der Waals surface area contributed by atoms with Crippen molar-refractivity contribution in [3.8, 4) is 11.5 Å². The van der Waals surface area contributed by atoms with E-state index < -0.39 is 0 Å². The van der Waals surface area contributed by atoms with Crippen LogP contribution in [0.15, 0.2) is 42.5 Å². The lowest BCUT2D eigenvalue weighted by Gasteiger charge is -2.26. The number of likely N-dealkylation sites (tertiary alicyclic amines) is 1. The van der Waals surface area contributed by atoms with Crippen molar-refractivity contribution in [3.05, 3.63) is 53.6 Å². The van der Waals surface area contributed by atoms with E-state index in [2.05, 4.69) is 36.2 Å². The van der Waals surface area contributed by atoms with Crippen LogP contribution in [-0.2, 0) is 4.79 Å². The highest BCUT2D eigenvalue weighted by Crippen LogP contribution is 2.38. The highest BCUT2D eigenvalue weighted by Gasteiger charge is 2.30. The summed E-state index contributed by atoms with van der Waals surface area (Å²) in [5.41, 5.74) is 3.22. The van der Waals surface area contributed by atoms with Crippen molar-refractivity contribution in [2.24, 2.45) is 0 Å². The lowest BCUT2D eigenvalue weighted by molar-refractivity contribution is -0.117. The van der Waals surface area contributed by atoms with Gasteiger partial charge in [0.25, 0.3) is 0 Å². The smallest absolute Gasteiger partial charge is 0.238 e. The third-order valence-corrected chi connectivity index (χ3v) is 5.88. The van der Waals surface area contributed by atoms with Gasteiger partial charge in [0.05, 0.1) is 20.8 Å². The highest BCUT2D eigenvalue weighted by molar-refractivity contribution is 5.92. The van der Waals surface area contributed by atoms with Gasteiger partial charge in [0, 0.05) is 17.3 Å². The number of nitrogens with zero attached hydrogens (tertiary/aromatic N) is 1. The number of methoxy groups -OCH3 is 2. The van der Waals surface area contributed by atoms with E-state index in [0.29, 0.717) is 12.5 Å². The predicted octanol–water partition coefficient (Wildman–Crippen LogP) is 4.99. The first-order valence-electron chi connectivity index (χ1n) is 10.4. The minimum absolute atomic E-state index is 0.00931. The number of ether oxygens (including phenoxy) is 2. The Morgan fingerprint density at radius 1 is 1.17 bits per heavy atom. The summed E-state index contributed by atoms with van der Waals surface area (Å²) in [5, 5.41) is 3.04. The van der Waals surface area contributed by atoms with Crippen molar-refractivity contribution in [2.45, 2.75) is 45.1 Å². The van der Waals surface area contributed by atoms with Crippen molar-refractivity contribution in [1.82, 2.24) is 4.90 Å². The number of amides is 1. The van der Waals surface area contributed by atoms with Gasteiger partial charge in [-0.05, 0) is 67.6 Å². The van der Waals surface area contributed by atoms with Gasteiger partial charge in [-0.1, -0.05) is 26.0 Å². The maximum atomic E-state index is 12.7. The van der Waals surface area contributed by atoms with E-state index in [4.69, 9.17) is 9.47 Å². The van der Waals surface area contributed by atoms with Gasteiger partial charge in [-0.15, -0.1) is 0 Å². The molecule has 1 N–H and O–H groups in total. The van der Waals surface area contributed by atoms with Crippen LogP contribution in [0.2, 0.25) is 0 Å². The first-order chi connectivity index (χ1) is 14.0. The zero-order chi connectivity index (χ0) is 20.8. The zero-order valence-corrected chi connectivity index (χ0v) is 17.9. The van der Waals surface area contributed by atoms with Crippen LogP contribution in [0, 0.1) is 0 Å². The molecule has 0 aromatic heterocycles. The van der Waals surface area contributed by atoms with Gasteiger partial charge in [0.1, 0.15) is 11.5 Å². The SMILES string of the molecule is CCC(C)c1ccc(NC(=O)CN2CCCC2c2cc(OC)ccc2OC)cc1. The van der Waals surface area contributed by atoms with E-state index in [1.807, 2.05) is 30.3 Å². The topological polar surface area (TPSA) is 50.8 Å². The van der Waals surface area contributed by atoms with Crippen LogP contribution < -0.4 is 14.8 Å². The third kappa shape index (κ3) is 5.10. The summed E-state index contributed by atoms with van der Waals surface area (Å²) in [4.78, 5) is 14.9. The Balaban J connectivity index is 1.67. The average Bonchev–Trinajstić information content (AvgIpc) is 3.20. The van der Waals surface area contributed by atoms with Crippen molar-refractivity contribution < 1.29 is 14.3 Å². The molecule has 2 unspecified atom stereocenters. The standard InChI is InChI=1S/C24H32N2O3/c1-5-17(2)18-8-10-19(11-9-18)25-24(27)16-26-14-6-7-22(26)21-15-20(28-3)12-13-23(21)29-4/h8-13,15,17,22H,5-7,14,16H2,1-4H3,(H,25,27). The predicted molar refractivity (Wildman–Crippen MR) is 117 cm³/mol. The van der Waals surface area contributed by atoms with Crippen LogP contribution in [-0.4, -0.2) is 38.1 Å². The van der Waals surface area contributed by atoms with Gasteiger partial charge < -0.3 is 14.8 Å². The molecule has 3 rings (SSSR count). The number of hydrogen-bond acceptors (Lipinski definition) is 4. The Kier molecular flexibility index (Phi) is 7.15. The second kappa shape index (κ2) is 9.79. The fourth-order valence-electron chi connectivity index (χ4n) is 3.98. The molecule has 0 bridgehead atoms. The number of nitrogens with one attached hydrogen (secondary N) is 1. The van der Waals surface area contributed by atoms with Crippen molar-refractivity contribution in [3.63, 3.8) is 0 Å². The van der Waals surface area contributed by atoms with Gasteiger partial charge in [-0.25, -0.2) is 0 Å². The summed E-state index contributed by atoms with van der Waals surface area (Å²) in [7, 11) is 3.35. The molecule has 1 heterocycles. The fraction of sp³-hybridized carbons (Fsp3) is 0.458. The van der Waals surface area contributed by atoms with Crippen LogP contribution in [0.4, 0.5) is 5.69 Å². The molecule has 0 radical (unpaired) electrons. The Labute approximate surface area is 174 Å². The second-order valence-electron chi connectivity index (χ2n) is 7.72. The molecule has 1 saturated heterocycles. The number of anilines is 1. The number of hydrogen-bond donors (Lipinski definition) is 1. The lowest BCUT2D eigenvalue weighted by atomic mass is 9.99. The minimum Gasteiger partial charge on any atom is -0.497 e. The quantitative estimate of drug-likeness (QED) is 0.683. The van der Waals surface area contributed by atoms with Gasteiger partial charge in [0.15, 0.2) is 0 Å². The van der Waals surface area contributed by atoms with Gasteiger partial charge in [-0.3, -0.25) is 9.69 Å². The Bertz CT molecular complexity index is 819. The molecule has 1 aliphatic rings. The lowest BCUT2D eigenvalue weighted by Crippen LogP contribution is -2.33. The molecule has 2 aromatic carbocycles. The van der Waals surface area contributed by atoms with E-state index in [1.165, 1.54) is 5.56 Å². The normalized spacial score (nSPS) is 17.7. The van der Waals surface area contributed by atoms with Crippen LogP contribution in [0.5, 0.6) is 11.5 Å². The van der Waals surface area contributed by atoms with E-state index in [0.717, 1.165) is 48.6 Å². The van der Waals surface area contributed by atoms with E-state index in [9.17, 15) is 4.79 Å². The third-order valence-electron chi connectivity index (χ3n) is 5.88. The molecule has 0 saturated carbocycles. The fourth-order valence-corrected chi connectivity index (χ4v) is 3.98. The van der Waals surface area contributed by atoms with E-state index >= 15 is 0 Å². The molecule has 0 spiro atoms. The van der Waals surface area contributed by atoms with E-state index in [1.54, 1.807) is 14.2 Å². The number of rotatable bonds is 8. The molecule has 5 nitrogen and oxygen atoms in total. The molecule has 2 aromatic rings. The highest BCUT2D eigenvalue weighted by atomic mass is 16.5. The van der Waals surface area contributed by atoms with Gasteiger partial charge >= 0.3 is 0 Å². The summed E-state index contributed by atoms with van der Waals surface area (Å²) in [6, 6.07) is 14.2. The first-order valence-corrected chi connectivity index (χ1v) is 10.4. The van der Waals surface area contributed by atoms with Gasteiger partial charge in [-0.2, -0.15) is 0 Å². The van der Waals surface area contributed by atoms with Crippen LogP contribution in [0.3, 0.4) is 0 Å². The molecule has 5 heteroatoms. The molecule has 1 aliphatic heterocycles. The van der Waals surface area contributed by atoms with Crippen molar-refractivity contribution in [2.75, 3.05) is 32.6 Å². The van der Waals surface area contributed by atoms with Crippen molar-refractivity contribution >= 4 is 11.6 Å². The largest absolute Gasteiger partial charge is 0.497 e. The Morgan fingerprint density at radius 3 is 2.59 bits per heavy atom. The molecule has 0 aliphatic carbocycles. The first kappa shape index (κ1) is 21.2. The molecular weight excluding hydrogens is 364 g/mol. The average molecular weight is 397 g/mol. The number of carbonyl (C=O) groups is 1. The molecule has 2 atom stereocenters. The molecular formula is C24H32N2O3. The van der Waals surface area contributed by atoms with Crippen LogP contribution in [0.1, 0.15) is 56.2 Å². The summed E-state index contributed by atoms with van der Waals surface area (Å²) in [6.07, 6.45) is 3.16. The van der Waals surface area contributed by atoms with Crippen LogP contribution >= 0.6 is 0 Å². The maximum Gasteiger partial charge on any atom is 0.238 e. The summed E-state index contributed by atoms with van der Waals surface area (Å²) in [6.45, 7) is 5.65. The number of carbonyl (C=O) groups excluding carboxylic acids is 1. The van der Waals surface area contributed by atoms with Crippen LogP contribution in [0.25, 0.3) is 0 Å². The summed E-state index contributed by atoms with van der Waals surface area (Å²) in [5.74, 6) is 2.18. The molecule has 1 fully saturated rings. The molecule has 29 heavy (non-hydrogen) atoms. The minimum atomic E-state index is 0.00931. The summed E-state index contributed by atoms with van der Waals surface area (Å²) < 4.78 is 11.0. The van der Waals surface area contributed by atoms with Crippen molar-refractivity contribution in [1.29, 1.82) is 0 Å². The Hall–Kier alpha value is -2.53. The van der Waals surface area contributed by atoms with Gasteiger partial charge in [0.2, 0.25) is 5.91 Å². The number of benzene rings is 2. The maximum absolute atomic E-state index is 12.7. The molecule has 156 valence electrons. The Morgan fingerprint density at radius 2 is 1.93 bits per heavy atom. The summed E-state index contributed by atoms with van der Waals surface area (Å²) >= 11 is 0. The van der Waals surface area contributed by atoms with E-state index in [-0.39, 0.29) is 11.9 Å². The molecule has 1 amide bonds. The zero-order valence-electron chi connectivity index (χ0n) is 17.9. The monoisotopic (exact) mass is 396 g/mol.